The summed E-state index contributed by atoms with van der Waals surface area (Å²) in [6.07, 6.45) is 2.44. The molecule has 2 unspecified atom stereocenters. The molecule has 2 amide bonds. The Balaban J connectivity index is 1.40. The van der Waals surface area contributed by atoms with Gasteiger partial charge in [-0.3, -0.25) is 9.59 Å². The smallest absolute Gasteiger partial charge is 0.251 e. The molecule has 1 aliphatic carbocycles. The normalized spacial score (nSPS) is 16.0. The predicted octanol–water partition coefficient (Wildman–Crippen LogP) is 4.59. The van der Waals surface area contributed by atoms with Crippen LogP contribution in [0.2, 0.25) is 0 Å². The summed E-state index contributed by atoms with van der Waals surface area (Å²) in [5, 5.41) is 12.6. The molecule has 1 aromatic carbocycles. The number of ether oxygens (including phenoxy) is 1. The first kappa shape index (κ1) is 25.2. The number of aryl methyl sites for hydroxylation is 2. The molecule has 4 rings (SSSR count). The Kier molecular flexibility index (Phi) is 7.51. The summed E-state index contributed by atoms with van der Waals surface area (Å²) in [6, 6.07) is 6.07. The number of nitrogens with zero attached hydrogens (tertiary/aromatic N) is 3. The number of carbonyl (C=O) groups is 2. The lowest BCUT2D eigenvalue weighted by Crippen LogP contribution is -2.20. The Labute approximate surface area is 213 Å². The van der Waals surface area contributed by atoms with Gasteiger partial charge in [0.25, 0.3) is 5.91 Å². The molecular weight excluding hydrogens is 482 g/mol. The number of thioether (sulfide) groups is 1. The van der Waals surface area contributed by atoms with Crippen LogP contribution in [-0.2, 0) is 24.7 Å². The molecule has 3 N–H and O–H groups in total. The zero-order valence-electron chi connectivity index (χ0n) is 20.7. The van der Waals surface area contributed by atoms with Crippen LogP contribution in [-0.4, -0.2) is 32.3 Å². The molecule has 0 spiro atoms. The maximum atomic E-state index is 12.7. The molecule has 0 fully saturated rings. The van der Waals surface area contributed by atoms with E-state index in [0.29, 0.717) is 27.5 Å². The number of hydrogen-bond donors (Lipinski definition) is 2. The van der Waals surface area contributed by atoms with Gasteiger partial charge < -0.3 is 20.4 Å². The number of aromatic nitrogens is 3. The van der Waals surface area contributed by atoms with Crippen molar-refractivity contribution >= 4 is 39.9 Å². The summed E-state index contributed by atoms with van der Waals surface area (Å²) in [5.74, 6) is 1.44. The zero-order valence-corrected chi connectivity index (χ0v) is 22.3. The van der Waals surface area contributed by atoms with Gasteiger partial charge in [0.15, 0.2) is 17.1 Å². The van der Waals surface area contributed by atoms with Gasteiger partial charge in [0.2, 0.25) is 5.91 Å². The number of fused-ring (bicyclic) bond motifs is 1. The van der Waals surface area contributed by atoms with Crippen molar-refractivity contribution in [2.75, 3.05) is 11.1 Å². The van der Waals surface area contributed by atoms with Crippen LogP contribution in [0, 0.1) is 19.8 Å². The first-order valence-corrected chi connectivity index (χ1v) is 13.4. The van der Waals surface area contributed by atoms with E-state index in [1.54, 1.807) is 0 Å². The quantitative estimate of drug-likeness (QED) is 0.426. The molecule has 1 aliphatic rings. The van der Waals surface area contributed by atoms with Gasteiger partial charge in [-0.25, -0.2) is 0 Å². The molecule has 2 atom stereocenters. The average molecular weight is 514 g/mol. The van der Waals surface area contributed by atoms with E-state index >= 15 is 0 Å². The lowest BCUT2D eigenvalue weighted by atomic mass is 9.88. The minimum absolute atomic E-state index is 0.134. The largest absolute Gasteiger partial charge is 0.483 e. The first-order valence-electron chi connectivity index (χ1n) is 11.6. The van der Waals surface area contributed by atoms with Gasteiger partial charge in [-0.05, 0) is 74.8 Å². The van der Waals surface area contributed by atoms with E-state index in [0.717, 1.165) is 46.6 Å². The van der Waals surface area contributed by atoms with Crippen molar-refractivity contribution in [3.8, 4) is 5.75 Å². The van der Waals surface area contributed by atoms with Crippen LogP contribution in [0.3, 0.4) is 0 Å². The number of anilines is 1. The summed E-state index contributed by atoms with van der Waals surface area (Å²) in [4.78, 5) is 26.0. The fraction of sp³-hybridized carbons (Fsp3) is 0.440. The van der Waals surface area contributed by atoms with E-state index in [4.69, 9.17) is 10.5 Å². The number of carbonyl (C=O) groups excluding carboxylic acids is 2. The molecular formula is C25H31N5O3S2. The lowest BCUT2D eigenvalue weighted by Gasteiger charge is -2.18. The van der Waals surface area contributed by atoms with Crippen molar-refractivity contribution in [1.82, 2.24) is 14.8 Å². The second kappa shape index (κ2) is 10.4. The van der Waals surface area contributed by atoms with E-state index in [1.807, 2.05) is 44.5 Å². The van der Waals surface area contributed by atoms with Gasteiger partial charge in [-0.1, -0.05) is 24.8 Å². The van der Waals surface area contributed by atoms with Crippen LogP contribution in [0.15, 0.2) is 23.4 Å². The van der Waals surface area contributed by atoms with Crippen LogP contribution in [0.5, 0.6) is 5.75 Å². The summed E-state index contributed by atoms with van der Waals surface area (Å²) in [7, 11) is 1.86. The molecule has 0 radical (unpaired) electrons. The Morgan fingerprint density at radius 1 is 1.29 bits per heavy atom. The van der Waals surface area contributed by atoms with Crippen LogP contribution in [0.25, 0.3) is 0 Å². The average Bonchev–Trinajstić information content (AvgIpc) is 3.30. The molecule has 3 aromatic rings. The summed E-state index contributed by atoms with van der Waals surface area (Å²) >= 11 is 2.75. The number of primary amides is 1. The summed E-state index contributed by atoms with van der Waals surface area (Å²) in [5.41, 5.74) is 9.39. The molecule has 8 nitrogen and oxygen atoms in total. The second-order valence-corrected chi connectivity index (χ2v) is 11.3. The van der Waals surface area contributed by atoms with Crippen molar-refractivity contribution in [1.29, 1.82) is 0 Å². The molecule has 0 saturated heterocycles. The standard InChI is InChI=1S/C25H31N5O3S2/c1-13-6-7-18-19(11-13)35-24(21(18)22(26)32)27-20(31)12-34-25-29-28-23(30(25)5)16(4)33-17-9-14(2)8-15(3)10-17/h8-10,13,16H,6-7,11-12H2,1-5H3,(H2,26,32)(H,27,31). The summed E-state index contributed by atoms with van der Waals surface area (Å²) in [6.45, 7) is 8.19. The van der Waals surface area contributed by atoms with E-state index in [-0.39, 0.29) is 17.8 Å². The third kappa shape index (κ3) is 5.70. The Bertz CT molecular complexity index is 1250. The molecule has 10 heteroatoms. The second-order valence-electron chi connectivity index (χ2n) is 9.24. The molecule has 2 heterocycles. The topological polar surface area (TPSA) is 112 Å². The molecule has 0 bridgehead atoms. The SMILES string of the molecule is Cc1cc(C)cc(OC(C)c2nnc(SCC(=O)Nc3sc4c(c3C(N)=O)CCC(C)C4)n2C)c1. The van der Waals surface area contributed by atoms with Gasteiger partial charge in [0, 0.05) is 11.9 Å². The van der Waals surface area contributed by atoms with Crippen LogP contribution in [0.4, 0.5) is 5.00 Å². The van der Waals surface area contributed by atoms with Crippen molar-refractivity contribution in [2.24, 2.45) is 18.7 Å². The number of nitrogens with one attached hydrogen (secondary N) is 1. The maximum absolute atomic E-state index is 12.7. The van der Waals surface area contributed by atoms with Gasteiger partial charge in [0.1, 0.15) is 10.8 Å². The van der Waals surface area contributed by atoms with E-state index in [1.165, 1.54) is 23.1 Å². The van der Waals surface area contributed by atoms with E-state index < -0.39 is 5.91 Å². The van der Waals surface area contributed by atoms with E-state index in [9.17, 15) is 9.59 Å². The summed E-state index contributed by atoms with van der Waals surface area (Å²) < 4.78 is 7.93. The van der Waals surface area contributed by atoms with Gasteiger partial charge >= 0.3 is 0 Å². The highest BCUT2D eigenvalue weighted by molar-refractivity contribution is 7.99. The van der Waals surface area contributed by atoms with E-state index in [2.05, 4.69) is 28.5 Å². The molecule has 2 aromatic heterocycles. The first-order chi connectivity index (χ1) is 16.6. The van der Waals surface area contributed by atoms with Crippen molar-refractivity contribution in [2.45, 2.75) is 58.2 Å². The number of thiophene rings is 1. The number of amides is 2. The van der Waals surface area contributed by atoms with Gasteiger partial charge in [-0.15, -0.1) is 21.5 Å². The minimum Gasteiger partial charge on any atom is -0.483 e. The fourth-order valence-electron chi connectivity index (χ4n) is 4.46. The van der Waals surface area contributed by atoms with Crippen molar-refractivity contribution in [3.63, 3.8) is 0 Å². The van der Waals surface area contributed by atoms with Gasteiger partial charge in [-0.2, -0.15) is 0 Å². The highest BCUT2D eigenvalue weighted by Crippen LogP contribution is 2.39. The highest BCUT2D eigenvalue weighted by Gasteiger charge is 2.27. The molecule has 186 valence electrons. The number of rotatable bonds is 8. The fourth-order valence-corrected chi connectivity index (χ4v) is 6.61. The molecule has 0 saturated carbocycles. The van der Waals surface area contributed by atoms with Gasteiger partial charge in [0.05, 0.1) is 11.3 Å². The monoisotopic (exact) mass is 513 g/mol. The van der Waals surface area contributed by atoms with Crippen LogP contribution in [0.1, 0.15) is 64.1 Å². The number of nitrogens with two attached hydrogens (primary N) is 1. The Morgan fingerprint density at radius 2 is 2.00 bits per heavy atom. The van der Waals surface area contributed by atoms with Crippen molar-refractivity contribution in [3.05, 3.63) is 51.2 Å². The van der Waals surface area contributed by atoms with Crippen LogP contribution >= 0.6 is 23.1 Å². The predicted molar refractivity (Wildman–Crippen MR) is 139 cm³/mol. The third-order valence-electron chi connectivity index (χ3n) is 6.08. The minimum atomic E-state index is -0.490. The molecule has 35 heavy (non-hydrogen) atoms. The Hall–Kier alpha value is -2.85. The van der Waals surface area contributed by atoms with Crippen LogP contribution < -0.4 is 15.8 Å². The molecule has 0 aliphatic heterocycles. The highest BCUT2D eigenvalue weighted by atomic mass is 32.2. The zero-order chi connectivity index (χ0) is 25.3. The lowest BCUT2D eigenvalue weighted by molar-refractivity contribution is -0.113. The number of hydrogen-bond acceptors (Lipinski definition) is 7. The maximum Gasteiger partial charge on any atom is 0.251 e. The number of benzene rings is 1. The van der Waals surface area contributed by atoms with Crippen molar-refractivity contribution < 1.29 is 14.3 Å². The Morgan fingerprint density at radius 3 is 2.69 bits per heavy atom. The third-order valence-corrected chi connectivity index (χ3v) is 8.27.